The van der Waals surface area contributed by atoms with E-state index in [1.54, 1.807) is 19.1 Å². The van der Waals surface area contributed by atoms with Gasteiger partial charge in [0.25, 0.3) is 0 Å². The Balaban J connectivity index is 1.61. The Kier molecular flexibility index (Phi) is 5.31. The average molecular weight is 423 g/mol. The molecule has 1 nitrogen and oxygen atoms in total. The standard InChI is InChI=1S/C24H26F5N/c1-13(2)8-15-4-5-16-12-30(7-6-18(16)23(15)26)21-10-17(9-14(3)22(21)25)19-11-20(19)24(27,28)29/h4-5,9-10,13,19-20H,6-8,11-12H2,1-3H3. The third-order valence-corrected chi connectivity index (χ3v) is 6.28. The van der Waals surface area contributed by atoms with Crippen LogP contribution in [0.2, 0.25) is 0 Å². The van der Waals surface area contributed by atoms with Crippen LogP contribution in [0.1, 0.15) is 54.0 Å². The molecule has 2 aliphatic rings. The van der Waals surface area contributed by atoms with Crippen molar-refractivity contribution in [1.29, 1.82) is 0 Å². The zero-order valence-electron chi connectivity index (χ0n) is 17.4. The fourth-order valence-corrected chi connectivity index (χ4v) is 4.61. The molecule has 0 amide bonds. The zero-order valence-corrected chi connectivity index (χ0v) is 17.4. The summed E-state index contributed by atoms with van der Waals surface area (Å²) in [5.41, 5.74) is 3.39. The average Bonchev–Trinajstić information content (AvgIpc) is 3.47. The summed E-state index contributed by atoms with van der Waals surface area (Å²) in [4.78, 5) is 1.82. The van der Waals surface area contributed by atoms with Crippen LogP contribution in [0.25, 0.3) is 0 Å². The summed E-state index contributed by atoms with van der Waals surface area (Å²) in [6, 6.07) is 6.80. The molecule has 162 valence electrons. The van der Waals surface area contributed by atoms with Crippen LogP contribution in [-0.2, 0) is 19.4 Å². The molecule has 1 aliphatic heterocycles. The van der Waals surface area contributed by atoms with Crippen LogP contribution in [0.15, 0.2) is 24.3 Å². The molecule has 30 heavy (non-hydrogen) atoms. The highest BCUT2D eigenvalue weighted by atomic mass is 19.4. The van der Waals surface area contributed by atoms with Crippen LogP contribution >= 0.6 is 0 Å². The number of alkyl halides is 3. The molecule has 2 atom stereocenters. The van der Waals surface area contributed by atoms with E-state index in [0.29, 0.717) is 59.8 Å². The Hall–Kier alpha value is -2.11. The highest BCUT2D eigenvalue weighted by Gasteiger charge is 2.56. The lowest BCUT2D eigenvalue weighted by Gasteiger charge is -2.32. The molecule has 0 aromatic heterocycles. The van der Waals surface area contributed by atoms with Crippen LogP contribution < -0.4 is 4.90 Å². The van der Waals surface area contributed by atoms with Gasteiger partial charge in [0, 0.05) is 13.1 Å². The zero-order chi connectivity index (χ0) is 21.8. The lowest BCUT2D eigenvalue weighted by Crippen LogP contribution is -2.32. The second kappa shape index (κ2) is 7.54. The fraction of sp³-hybridized carbons (Fsp3) is 0.500. The summed E-state index contributed by atoms with van der Waals surface area (Å²) in [6.45, 7) is 6.45. The first kappa shape index (κ1) is 21.1. The Morgan fingerprint density at radius 3 is 2.47 bits per heavy atom. The van der Waals surface area contributed by atoms with Gasteiger partial charge < -0.3 is 4.90 Å². The molecule has 1 fully saturated rings. The van der Waals surface area contributed by atoms with Crippen molar-refractivity contribution < 1.29 is 22.0 Å². The molecular weight excluding hydrogens is 397 g/mol. The van der Waals surface area contributed by atoms with E-state index >= 15 is 0 Å². The summed E-state index contributed by atoms with van der Waals surface area (Å²) in [7, 11) is 0. The molecule has 1 heterocycles. The van der Waals surface area contributed by atoms with E-state index in [1.807, 2.05) is 24.8 Å². The molecule has 2 aromatic rings. The molecule has 1 saturated carbocycles. The van der Waals surface area contributed by atoms with E-state index in [-0.39, 0.29) is 12.2 Å². The number of fused-ring (bicyclic) bond motifs is 1. The molecule has 6 heteroatoms. The van der Waals surface area contributed by atoms with Gasteiger partial charge in [-0.15, -0.1) is 0 Å². The Morgan fingerprint density at radius 1 is 1.10 bits per heavy atom. The maximum atomic E-state index is 14.9. The summed E-state index contributed by atoms with van der Waals surface area (Å²) in [5.74, 6) is -2.18. The number of anilines is 1. The van der Waals surface area contributed by atoms with E-state index in [1.165, 1.54) is 6.07 Å². The van der Waals surface area contributed by atoms with Gasteiger partial charge in [-0.2, -0.15) is 13.2 Å². The first-order chi connectivity index (χ1) is 14.1. The predicted molar refractivity (Wildman–Crippen MR) is 108 cm³/mol. The number of hydrogen-bond acceptors (Lipinski definition) is 1. The minimum absolute atomic E-state index is 0.0562. The van der Waals surface area contributed by atoms with Crippen molar-refractivity contribution in [2.75, 3.05) is 11.4 Å². The molecule has 0 spiro atoms. The van der Waals surface area contributed by atoms with Crippen molar-refractivity contribution in [3.63, 3.8) is 0 Å². The van der Waals surface area contributed by atoms with Gasteiger partial charge in [0.2, 0.25) is 0 Å². The van der Waals surface area contributed by atoms with Crippen molar-refractivity contribution in [2.45, 2.75) is 58.7 Å². The fourth-order valence-electron chi connectivity index (χ4n) is 4.61. The molecule has 2 aromatic carbocycles. The van der Waals surface area contributed by atoms with Gasteiger partial charge in [0.05, 0.1) is 11.6 Å². The van der Waals surface area contributed by atoms with Crippen LogP contribution in [-0.4, -0.2) is 12.7 Å². The number of nitrogens with zero attached hydrogens (tertiary/aromatic N) is 1. The molecule has 1 aliphatic carbocycles. The second-order valence-corrected chi connectivity index (χ2v) is 9.11. The number of aryl methyl sites for hydroxylation is 1. The van der Waals surface area contributed by atoms with E-state index in [0.717, 1.165) is 5.56 Å². The molecule has 2 unspecified atom stereocenters. The summed E-state index contributed by atoms with van der Waals surface area (Å²) < 4.78 is 68.8. The SMILES string of the molecule is Cc1cc(C2CC2C(F)(F)F)cc(N2CCc3c(ccc(CC(C)C)c3F)C2)c1F. The van der Waals surface area contributed by atoms with Gasteiger partial charge in [0.1, 0.15) is 11.6 Å². The molecule has 0 saturated heterocycles. The minimum atomic E-state index is -4.22. The van der Waals surface area contributed by atoms with Crippen LogP contribution in [0.4, 0.5) is 27.6 Å². The largest absolute Gasteiger partial charge is 0.392 e. The van der Waals surface area contributed by atoms with Crippen LogP contribution in [0.3, 0.4) is 0 Å². The Labute approximate surface area is 173 Å². The number of halogens is 5. The number of rotatable bonds is 4. The van der Waals surface area contributed by atoms with Gasteiger partial charge in [0.15, 0.2) is 0 Å². The van der Waals surface area contributed by atoms with Crippen molar-refractivity contribution in [3.05, 3.63) is 63.7 Å². The van der Waals surface area contributed by atoms with E-state index in [9.17, 15) is 22.0 Å². The Morgan fingerprint density at radius 2 is 1.83 bits per heavy atom. The highest BCUT2D eigenvalue weighted by molar-refractivity contribution is 5.56. The van der Waals surface area contributed by atoms with E-state index < -0.39 is 23.8 Å². The molecule has 0 radical (unpaired) electrons. The predicted octanol–water partition coefficient (Wildman–Crippen LogP) is 6.70. The molecule has 4 rings (SSSR count). The Bertz CT molecular complexity index is 963. The van der Waals surface area contributed by atoms with Crippen molar-refractivity contribution in [3.8, 4) is 0 Å². The van der Waals surface area contributed by atoms with E-state index in [4.69, 9.17) is 0 Å². The molecule has 0 N–H and O–H groups in total. The van der Waals surface area contributed by atoms with Gasteiger partial charge in [-0.05, 0) is 71.9 Å². The van der Waals surface area contributed by atoms with Gasteiger partial charge in [-0.25, -0.2) is 8.78 Å². The lowest BCUT2D eigenvalue weighted by molar-refractivity contribution is -0.148. The van der Waals surface area contributed by atoms with Crippen molar-refractivity contribution >= 4 is 5.69 Å². The maximum absolute atomic E-state index is 14.9. The van der Waals surface area contributed by atoms with Gasteiger partial charge in [-0.3, -0.25) is 0 Å². The summed E-state index contributed by atoms with van der Waals surface area (Å²) in [6.07, 6.45) is -3.05. The molecule has 0 bridgehead atoms. The van der Waals surface area contributed by atoms with Crippen LogP contribution in [0, 0.1) is 30.4 Å². The van der Waals surface area contributed by atoms with E-state index in [2.05, 4.69) is 0 Å². The minimum Gasteiger partial charge on any atom is -0.364 e. The lowest BCUT2D eigenvalue weighted by atomic mass is 9.92. The first-order valence-electron chi connectivity index (χ1n) is 10.5. The molecular formula is C24H26F5N. The van der Waals surface area contributed by atoms with Crippen LogP contribution in [0.5, 0.6) is 0 Å². The first-order valence-corrected chi connectivity index (χ1v) is 10.5. The second-order valence-electron chi connectivity index (χ2n) is 9.11. The normalized spacial score (nSPS) is 21.2. The number of benzene rings is 2. The van der Waals surface area contributed by atoms with Crippen molar-refractivity contribution in [2.24, 2.45) is 11.8 Å². The monoisotopic (exact) mass is 423 g/mol. The highest BCUT2D eigenvalue weighted by Crippen LogP contribution is 2.56. The third kappa shape index (κ3) is 3.93. The van der Waals surface area contributed by atoms with Gasteiger partial charge in [-0.1, -0.05) is 32.0 Å². The van der Waals surface area contributed by atoms with Crippen molar-refractivity contribution in [1.82, 2.24) is 0 Å². The summed E-state index contributed by atoms with van der Waals surface area (Å²) in [5, 5.41) is 0. The smallest absolute Gasteiger partial charge is 0.364 e. The maximum Gasteiger partial charge on any atom is 0.392 e. The topological polar surface area (TPSA) is 3.24 Å². The third-order valence-electron chi connectivity index (χ3n) is 6.28. The quantitative estimate of drug-likeness (QED) is 0.495. The summed E-state index contributed by atoms with van der Waals surface area (Å²) >= 11 is 0. The van der Waals surface area contributed by atoms with Gasteiger partial charge >= 0.3 is 6.18 Å². The number of hydrogen-bond donors (Lipinski definition) is 0.